The summed E-state index contributed by atoms with van der Waals surface area (Å²) in [5, 5.41) is 3.38. The fraction of sp³-hybridized carbons (Fsp3) is 0.0455. The van der Waals surface area contributed by atoms with Crippen LogP contribution >= 0.6 is 23.2 Å². The number of halogens is 2. The number of hydrogen-bond donors (Lipinski definition) is 0. The van der Waals surface area contributed by atoms with Crippen LogP contribution in [0.4, 0.5) is 0 Å². The molecular weight excluding hydrogens is 349 g/mol. The van der Waals surface area contributed by atoms with Crippen LogP contribution in [0.2, 0.25) is 10.0 Å². The van der Waals surface area contributed by atoms with Gasteiger partial charge in [-0.3, -0.25) is 4.98 Å². The maximum Gasteiger partial charge on any atom is 0.0810 e. The maximum atomic E-state index is 6.42. The first-order valence-corrected chi connectivity index (χ1v) is 8.80. The normalized spacial score (nSPS) is 11.0. The molecule has 3 aromatic carbocycles. The largest absolute Gasteiger partial charge is 0.255 e. The molecule has 0 N–H and O–H groups in total. The van der Waals surface area contributed by atoms with E-state index < -0.39 is 0 Å². The first-order chi connectivity index (χ1) is 12.1. The van der Waals surface area contributed by atoms with Crippen LogP contribution in [-0.4, -0.2) is 4.98 Å². The first-order valence-electron chi connectivity index (χ1n) is 8.04. The summed E-state index contributed by atoms with van der Waals surface area (Å²) in [4.78, 5) is 4.58. The van der Waals surface area contributed by atoms with Crippen LogP contribution in [0.3, 0.4) is 0 Å². The van der Waals surface area contributed by atoms with E-state index in [9.17, 15) is 0 Å². The van der Waals surface area contributed by atoms with Gasteiger partial charge < -0.3 is 0 Å². The van der Waals surface area contributed by atoms with Crippen molar-refractivity contribution in [2.75, 3.05) is 0 Å². The van der Waals surface area contributed by atoms with Gasteiger partial charge in [0, 0.05) is 17.1 Å². The van der Waals surface area contributed by atoms with E-state index in [-0.39, 0.29) is 0 Å². The zero-order chi connectivity index (χ0) is 17.4. The summed E-state index contributed by atoms with van der Waals surface area (Å²) >= 11 is 12.8. The fourth-order valence-electron chi connectivity index (χ4n) is 3.19. The Morgan fingerprint density at radius 3 is 2.24 bits per heavy atom. The van der Waals surface area contributed by atoms with E-state index in [1.807, 2.05) is 30.5 Å². The third-order valence-corrected chi connectivity index (χ3v) is 4.96. The van der Waals surface area contributed by atoms with Crippen LogP contribution in [0.25, 0.3) is 33.2 Å². The molecule has 0 radical (unpaired) electrons. The Morgan fingerprint density at radius 1 is 0.760 bits per heavy atom. The number of aromatic nitrogens is 1. The Balaban J connectivity index is 2.03. The lowest BCUT2D eigenvalue weighted by Gasteiger charge is -2.12. The lowest BCUT2D eigenvalue weighted by molar-refractivity contribution is 1.36. The second kappa shape index (κ2) is 6.51. The molecule has 4 aromatic rings. The molecular formula is C22H15Cl2N. The third kappa shape index (κ3) is 2.90. The summed E-state index contributed by atoms with van der Waals surface area (Å²) in [6.45, 7) is 2.10. The SMILES string of the molecule is Cc1cccc(-c2cccc3c(-c4c(Cl)cccc4Cl)nccc23)c1. The zero-order valence-electron chi connectivity index (χ0n) is 13.6. The summed E-state index contributed by atoms with van der Waals surface area (Å²) in [5.41, 5.74) is 5.18. The Bertz CT molecular complexity index is 1070. The van der Waals surface area contributed by atoms with Crippen molar-refractivity contribution in [1.82, 2.24) is 4.98 Å². The predicted octanol–water partition coefficient (Wildman–Crippen LogP) is 7.18. The highest BCUT2D eigenvalue weighted by atomic mass is 35.5. The maximum absolute atomic E-state index is 6.42. The van der Waals surface area contributed by atoms with Crippen LogP contribution < -0.4 is 0 Å². The average Bonchev–Trinajstić information content (AvgIpc) is 2.61. The van der Waals surface area contributed by atoms with Crippen LogP contribution in [-0.2, 0) is 0 Å². The van der Waals surface area contributed by atoms with Crippen molar-refractivity contribution < 1.29 is 0 Å². The highest BCUT2D eigenvalue weighted by molar-refractivity contribution is 6.39. The molecule has 0 saturated carbocycles. The molecule has 0 fully saturated rings. The second-order valence-corrected chi connectivity index (χ2v) is 6.84. The van der Waals surface area contributed by atoms with Crippen molar-refractivity contribution in [3.05, 3.63) is 88.5 Å². The lowest BCUT2D eigenvalue weighted by Crippen LogP contribution is -1.90. The van der Waals surface area contributed by atoms with Crippen molar-refractivity contribution in [2.45, 2.75) is 6.92 Å². The molecule has 0 spiro atoms. The van der Waals surface area contributed by atoms with Gasteiger partial charge >= 0.3 is 0 Å². The van der Waals surface area contributed by atoms with Crippen LogP contribution in [0, 0.1) is 6.92 Å². The van der Waals surface area contributed by atoms with Gasteiger partial charge in [0.1, 0.15) is 0 Å². The minimum atomic E-state index is 0.605. The second-order valence-electron chi connectivity index (χ2n) is 6.03. The average molecular weight is 364 g/mol. The summed E-state index contributed by atoms with van der Waals surface area (Å²) in [6, 6.07) is 22.3. The molecule has 0 unspecified atom stereocenters. The molecule has 0 amide bonds. The van der Waals surface area contributed by atoms with Gasteiger partial charge in [0.2, 0.25) is 0 Å². The van der Waals surface area contributed by atoms with Crippen LogP contribution in [0.5, 0.6) is 0 Å². The smallest absolute Gasteiger partial charge is 0.0810 e. The van der Waals surface area contributed by atoms with Crippen molar-refractivity contribution in [2.24, 2.45) is 0 Å². The van der Waals surface area contributed by atoms with E-state index in [0.29, 0.717) is 10.0 Å². The molecule has 0 aliphatic carbocycles. The van der Waals surface area contributed by atoms with Crippen molar-refractivity contribution >= 4 is 34.0 Å². The van der Waals surface area contributed by atoms with Crippen molar-refractivity contribution in [3.63, 3.8) is 0 Å². The third-order valence-electron chi connectivity index (χ3n) is 4.33. The van der Waals surface area contributed by atoms with Gasteiger partial charge in [-0.2, -0.15) is 0 Å². The molecule has 1 nitrogen and oxygen atoms in total. The van der Waals surface area contributed by atoms with Gasteiger partial charge in [0.05, 0.1) is 15.7 Å². The Morgan fingerprint density at radius 2 is 1.48 bits per heavy atom. The number of rotatable bonds is 2. The molecule has 1 heterocycles. The van der Waals surface area contributed by atoms with Crippen LogP contribution in [0.15, 0.2) is 72.9 Å². The molecule has 4 rings (SSSR count). The number of benzene rings is 3. The Kier molecular flexibility index (Phi) is 4.20. The van der Waals surface area contributed by atoms with Gasteiger partial charge in [0.15, 0.2) is 0 Å². The number of fused-ring (bicyclic) bond motifs is 1. The lowest BCUT2D eigenvalue weighted by atomic mass is 9.95. The van der Waals surface area contributed by atoms with Gasteiger partial charge in [0.25, 0.3) is 0 Å². The van der Waals surface area contributed by atoms with Crippen molar-refractivity contribution in [3.8, 4) is 22.4 Å². The summed E-state index contributed by atoms with van der Waals surface area (Å²) < 4.78 is 0. The van der Waals surface area contributed by atoms with Gasteiger partial charge in [-0.1, -0.05) is 77.3 Å². The van der Waals surface area contributed by atoms with Gasteiger partial charge in [-0.25, -0.2) is 0 Å². The van der Waals surface area contributed by atoms with E-state index >= 15 is 0 Å². The van der Waals surface area contributed by atoms with E-state index in [1.54, 1.807) is 0 Å². The number of hydrogen-bond acceptors (Lipinski definition) is 1. The molecule has 3 heteroatoms. The van der Waals surface area contributed by atoms with E-state index in [1.165, 1.54) is 16.7 Å². The van der Waals surface area contributed by atoms with Gasteiger partial charge in [-0.15, -0.1) is 0 Å². The molecule has 0 atom stereocenters. The van der Waals surface area contributed by atoms with E-state index in [2.05, 4.69) is 54.4 Å². The number of nitrogens with zero attached hydrogens (tertiary/aromatic N) is 1. The molecule has 0 saturated heterocycles. The molecule has 1 aromatic heterocycles. The topological polar surface area (TPSA) is 12.9 Å². The Hall–Kier alpha value is -2.35. The molecule has 0 bridgehead atoms. The minimum absolute atomic E-state index is 0.605. The standard InChI is InChI=1S/C22H15Cl2N/c1-14-5-2-6-15(13-14)16-7-3-8-18-17(16)11-12-25-22(18)21-19(23)9-4-10-20(21)24/h2-13H,1H3. The number of pyridine rings is 1. The van der Waals surface area contributed by atoms with E-state index in [4.69, 9.17) is 23.2 Å². The first kappa shape index (κ1) is 16.1. The number of aryl methyl sites for hydroxylation is 1. The van der Waals surface area contributed by atoms with Crippen LogP contribution in [0.1, 0.15) is 5.56 Å². The highest BCUT2D eigenvalue weighted by Gasteiger charge is 2.14. The zero-order valence-corrected chi connectivity index (χ0v) is 15.1. The highest BCUT2D eigenvalue weighted by Crippen LogP contribution is 2.39. The molecule has 0 aliphatic heterocycles. The fourth-order valence-corrected chi connectivity index (χ4v) is 3.77. The quantitative estimate of drug-likeness (QED) is 0.367. The Labute approximate surface area is 156 Å². The predicted molar refractivity (Wildman–Crippen MR) is 107 cm³/mol. The van der Waals surface area contributed by atoms with E-state index in [0.717, 1.165) is 22.0 Å². The molecule has 25 heavy (non-hydrogen) atoms. The van der Waals surface area contributed by atoms with Crippen molar-refractivity contribution in [1.29, 1.82) is 0 Å². The monoisotopic (exact) mass is 363 g/mol. The molecule has 0 aliphatic rings. The minimum Gasteiger partial charge on any atom is -0.255 e. The molecule has 122 valence electrons. The summed E-state index contributed by atoms with van der Waals surface area (Å²) in [7, 11) is 0. The summed E-state index contributed by atoms with van der Waals surface area (Å²) in [6.07, 6.45) is 1.82. The van der Waals surface area contributed by atoms with Gasteiger partial charge in [-0.05, 0) is 41.6 Å². The summed E-state index contributed by atoms with van der Waals surface area (Å²) in [5.74, 6) is 0.